The van der Waals surface area contributed by atoms with Gasteiger partial charge in [-0.15, -0.1) is 0 Å². The molecule has 0 unspecified atom stereocenters. The molecule has 2 aliphatic rings. The molecule has 284 valence electrons. The monoisotopic (exact) mass is 738 g/mol. The number of amides is 4. The van der Waals surface area contributed by atoms with Crippen LogP contribution in [0.3, 0.4) is 0 Å². The molecule has 14 heteroatoms. The number of halogens is 3. The lowest BCUT2D eigenvalue weighted by Gasteiger charge is -2.53. The number of carboxylic acid groups (broad SMARTS) is 1. The third-order valence-electron chi connectivity index (χ3n) is 9.78. The number of aromatic nitrogens is 1. The van der Waals surface area contributed by atoms with Crippen molar-refractivity contribution in [2.75, 3.05) is 12.0 Å². The zero-order valence-corrected chi connectivity index (χ0v) is 30.2. The van der Waals surface area contributed by atoms with Crippen LogP contribution in [0.1, 0.15) is 69.6 Å². The summed E-state index contributed by atoms with van der Waals surface area (Å²) in [6.45, 7) is 5.19. The number of hydrogen-bond donors (Lipinski definition) is 2. The molecule has 2 fully saturated rings. The van der Waals surface area contributed by atoms with Gasteiger partial charge in [0.2, 0.25) is 5.91 Å². The highest BCUT2D eigenvalue weighted by molar-refractivity contribution is 6.10. The summed E-state index contributed by atoms with van der Waals surface area (Å²) in [7, 11) is 1.53. The molecule has 3 atom stereocenters. The number of rotatable bonds is 11. The average Bonchev–Trinajstić information content (AvgIpc) is 3.11. The van der Waals surface area contributed by atoms with E-state index in [1.165, 1.54) is 24.3 Å². The lowest BCUT2D eigenvalue weighted by atomic mass is 9.67. The highest BCUT2D eigenvalue weighted by Crippen LogP contribution is 2.44. The van der Waals surface area contributed by atoms with E-state index in [0.717, 1.165) is 12.0 Å². The molecule has 1 aromatic heterocycles. The second-order valence-electron chi connectivity index (χ2n) is 14.6. The fraction of sp³-hybridized carbons (Fsp3) is 0.462. The van der Waals surface area contributed by atoms with Crippen molar-refractivity contribution < 1.29 is 46.9 Å². The van der Waals surface area contributed by atoms with Crippen LogP contribution in [-0.4, -0.2) is 69.5 Å². The molecule has 5 rings (SSSR count). The summed E-state index contributed by atoms with van der Waals surface area (Å²) in [5.74, 6) is -3.94. The van der Waals surface area contributed by atoms with Crippen LogP contribution in [0.5, 0.6) is 5.75 Å². The molecule has 0 radical (unpaired) electrons. The molecule has 4 amide bonds. The number of imide groups is 1. The average molecular weight is 739 g/mol. The highest BCUT2D eigenvalue weighted by atomic mass is 19.4. The number of aliphatic carboxylic acids is 1. The zero-order chi connectivity index (χ0) is 38.6. The van der Waals surface area contributed by atoms with E-state index in [4.69, 9.17) is 9.47 Å². The second-order valence-corrected chi connectivity index (χ2v) is 14.6. The summed E-state index contributed by atoms with van der Waals surface area (Å²) < 4.78 is 54.0. The summed E-state index contributed by atoms with van der Waals surface area (Å²) in [5.41, 5.74) is -1.47. The first kappa shape index (κ1) is 39.1. The first-order valence-electron chi connectivity index (χ1n) is 17.6. The number of carboxylic acids is 1. The maximum atomic E-state index is 14.3. The van der Waals surface area contributed by atoms with Crippen molar-refractivity contribution in [2.24, 2.45) is 11.8 Å². The van der Waals surface area contributed by atoms with E-state index < -0.39 is 59.2 Å². The van der Waals surface area contributed by atoms with Gasteiger partial charge in [0.15, 0.2) is 5.54 Å². The van der Waals surface area contributed by atoms with Crippen molar-refractivity contribution in [1.82, 2.24) is 15.2 Å². The molecule has 2 aromatic carbocycles. The van der Waals surface area contributed by atoms with Crippen LogP contribution >= 0.6 is 0 Å². The Morgan fingerprint density at radius 1 is 0.981 bits per heavy atom. The first-order valence-corrected chi connectivity index (χ1v) is 17.6. The zero-order valence-electron chi connectivity index (χ0n) is 30.2. The molecular formula is C39H45F3N4O7. The summed E-state index contributed by atoms with van der Waals surface area (Å²) in [4.78, 5) is 60.6. The van der Waals surface area contributed by atoms with Crippen LogP contribution in [0, 0.1) is 11.8 Å². The molecule has 3 aromatic rings. The lowest BCUT2D eigenvalue weighted by Crippen LogP contribution is -2.79. The first-order chi connectivity index (χ1) is 25.0. The lowest BCUT2D eigenvalue weighted by molar-refractivity contribution is -0.183. The Kier molecular flexibility index (Phi) is 11.7. The van der Waals surface area contributed by atoms with Gasteiger partial charge >= 0.3 is 24.3 Å². The van der Waals surface area contributed by atoms with E-state index in [-0.39, 0.29) is 38.0 Å². The molecule has 2 N–H and O–H groups in total. The second kappa shape index (κ2) is 15.8. The number of alkyl halides is 3. The third-order valence-corrected chi connectivity index (χ3v) is 9.78. The SMILES string of the molecule is COc1ccc(CN(C(=O)OC(C)(C)C)c2cc(C[C@H]3C(=O)N(C(=O)N[C@@H](C4CCCCC4)C(F)(F)F)[C@]3(Cc3ccccc3)C(=O)O)ccn2)cc1. The Hall–Kier alpha value is -5.14. The normalized spacial score (nSPS) is 19.9. The number of anilines is 1. The Balaban J connectivity index is 1.48. The molecule has 1 aliphatic carbocycles. The van der Waals surface area contributed by atoms with E-state index in [1.54, 1.807) is 81.4 Å². The number of methoxy groups -OCH3 is 1. The van der Waals surface area contributed by atoms with Gasteiger partial charge in [-0.1, -0.05) is 61.7 Å². The van der Waals surface area contributed by atoms with E-state index in [2.05, 4.69) is 4.98 Å². The Bertz CT molecular complexity index is 1780. The number of hydrogen-bond acceptors (Lipinski definition) is 7. The van der Waals surface area contributed by atoms with E-state index >= 15 is 0 Å². The van der Waals surface area contributed by atoms with Crippen LogP contribution in [0.15, 0.2) is 72.9 Å². The maximum absolute atomic E-state index is 14.3. The molecule has 53 heavy (non-hydrogen) atoms. The minimum atomic E-state index is -4.81. The molecule has 11 nitrogen and oxygen atoms in total. The fourth-order valence-corrected chi connectivity index (χ4v) is 7.19. The van der Waals surface area contributed by atoms with Gasteiger partial charge in [-0.2, -0.15) is 13.2 Å². The number of pyridine rings is 1. The van der Waals surface area contributed by atoms with Gasteiger partial charge in [0.25, 0.3) is 0 Å². The number of carbonyl (C=O) groups is 4. The van der Waals surface area contributed by atoms with Crippen LogP contribution in [0.2, 0.25) is 0 Å². The van der Waals surface area contributed by atoms with Gasteiger partial charge < -0.3 is 19.9 Å². The summed E-state index contributed by atoms with van der Waals surface area (Å²) in [5, 5.41) is 12.8. The number of nitrogens with one attached hydrogen (secondary N) is 1. The van der Waals surface area contributed by atoms with Crippen molar-refractivity contribution in [1.29, 1.82) is 0 Å². The minimum Gasteiger partial charge on any atom is -0.497 e. The fourth-order valence-electron chi connectivity index (χ4n) is 7.19. The number of ether oxygens (including phenoxy) is 2. The number of β-lactam (4-membered cyclic amide) rings is 1. The van der Waals surface area contributed by atoms with Gasteiger partial charge in [-0.25, -0.2) is 24.3 Å². The third kappa shape index (κ3) is 8.91. The molecule has 0 bridgehead atoms. The molecule has 2 heterocycles. The van der Waals surface area contributed by atoms with E-state index in [9.17, 15) is 37.5 Å². The van der Waals surface area contributed by atoms with Crippen molar-refractivity contribution in [3.05, 3.63) is 89.6 Å². The molecular weight excluding hydrogens is 693 g/mol. The molecule has 1 saturated heterocycles. The molecule has 1 saturated carbocycles. The van der Waals surface area contributed by atoms with Crippen LogP contribution < -0.4 is 15.0 Å². The Labute approximate surface area is 306 Å². The number of benzene rings is 2. The summed E-state index contributed by atoms with van der Waals surface area (Å²) in [6.07, 6.45) is -2.24. The number of nitrogens with zero attached hydrogens (tertiary/aromatic N) is 3. The molecule has 1 aliphatic heterocycles. The Morgan fingerprint density at radius 3 is 2.23 bits per heavy atom. The standard InChI is InChI=1S/C39H45F3N4O7/c1-37(2,3)53-36(51)45(24-26-15-17-29(52-4)18-16-26)31-22-27(19-20-43-31)21-30-33(47)46(38(30,34(48)49)23-25-11-7-5-8-12-25)35(50)44-32(39(40,41)42)28-13-9-6-10-14-28/h5,7-8,11-12,15-20,22,28,30,32H,6,9-10,13-14,21,23-24H2,1-4H3,(H,44,50)(H,48,49)/t30-,32-,38-/m0/s1. The van der Waals surface area contributed by atoms with Gasteiger partial charge in [0.05, 0.1) is 19.6 Å². The summed E-state index contributed by atoms with van der Waals surface area (Å²) in [6, 6.07) is 14.8. The van der Waals surface area contributed by atoms with Gasteiger partial charge in [-0.05, 0) is 86.9 Å². The Morgan fingerprint density at radius 2 is 1.64 bits per heavy atom. The van der Waals surface area contributed by atoms with Gasteiger partial charge in [0, 0.05) is 12.6 Å². The minimum absolute atomic E-state index is 0.0418. The predicted molar refractivity (Wildman–Crippen MR) is 189 cm³/mol. The quantitative estimate of drug-likeness (QED) is 0.195. The van der Waals surface area contributed by atoms with Crippen LogP contribution in [0.4, 0.5) is 28.6 Å². The van der Waals surface area contributed by atoms with Crippen LogP contribution in [0.25, 0.3) is 0 Å². The van der Waals surface area contributed by atoms with Crippen molar-refractivity contribution in [3.8, 4) is 5.75 Å². The highest BCUT2D eigenvalue weighted by Gasteiger charge is 2.68. The summed E-state index contributed by atoms with van der Waals surface area (Å²) >= 11 is 0. The van der Waals surface area contributed by atoms with Gasteiger partial charge in [-0.3, -0.25) is 9.69 Å². The number of likely N-dealkylation sites (tertiary alicyclic amines) is 1. The van der Waals surface area contributed by atoms with Crippen LogP contribution in [-0.2, 0) is 33.7 Å². The topological polar surface area (TPSA) is 138 Å². The van der Waals surface area contributed by atoms with Gasteiger partial charge in [0.1, 0.15) is 23.2 Å². The number of carbonyl (C=O) groups excluding carboxylic acids is 3. The smallest absolute Gasteiger partial charge is 0.416 e. The van der Waals surface area contributed by atoms with E-state index in [1.807, 2.05) is 5.32 Å². The van der Waals surface area contributed by atoms with Crippen molar-refractivity contribution in [2.45, 2.75) is 95.6 Å². The van der Waals surface area contributed by atoms with Crippen molar-refractivity contribution >= 4 is 29.8 Å². The largest absolute Gasteiger partial charge is 0.497 e. The number of urea groups is 1. The maximum Gasteiger partial charge on any atom is 0.416 e. The predicted octanol–water partition coefficient (Wildman–Crippen LogP) is 7.32. The van der Waals surface area contributed by atoms with Crippen molar-refractivity contribution in [3.63, 3.8) is 0 Å². The molecule has 0 spiro atoms. The van der Waals surface area contributed by atoms with E-state index in [0.29, 0.717) is 34.6 Å².